The zero-order valence-corrected chi connectivity index (χ0v) is 22.8. The summed E-state index contributed by atoms with van der Waals surface area (Å²) < 4.78 is 17.7. The quantitative estimate of drug-likeness (QED) is 0.343. The summed E-state index contributed by atoms with van der Waals surface area (Å²) in [6, 6.07) is 16.1. The second kappa shape index (κ2) is 13.1. The van der Waals surface area contributed by atoms with E-state index in [0.29, 0.717) is 5.39 Å². The van der Waals surface area contributed by atoms with Gasteiger partial charge in [0.25, 0.3) is 11.5 Å². The van der Waals surface area contributed by atoms with Crippen LogP contribution in [0.2, 0.25) is 0 Å². The van der Waals surface area contributed by atoms with Crippen molar-refractivity contribution in [2.24, 2.45) is 0 Å². The molecular weight excluding hydrogens is 490 g/mol. The number of amides is 1. The Morgan fingerprint density at radius 3 is 2.35 bits per heavy atom. The van der Waals surface area contributed by atoms with Crippen molar-refractivity contribution in [3.8, 4) is 11.1 Å². The fourth-order valence-corrected chi connectivity index (χ4v) is 4.99. The second-order valence-corrected chi connectivity index (χ2v) is 10.9. The van der Waals surface area contributed by atoms with Crippen molar-refractivity contribution in [1.29, 1.82) is 0 Å². The normalized spacial score (nSPS) is 16.4. The summed E-state index contributed by atoms with van der Waals surface area (Å²) in [6.45, 7) is 10.1. The van der Waals surface area contributed by atoms with Crippen LogP contribution >= 0.6 is 0 Å². The lowest BCUT2D eigenvalue weighted by atomic mass is 10.0. The Labute approximate surface area is 220 Å². The molecule has 4 rings (SSSR count). The maximum Gasteiger partial charge on any atom is 0.261 e. The number of pyridine rings is 1. The Hall–Kier alpha value is -2.85. The largest absolute Gasteiger partial charge is 0.379 e. The van der Waals surface area contributed by atoms with Gasteiger partial charge in [-0.1, -0.05) is 44.2 Å². The average molecular weight is 528 g/mol. The molecule has 0 radical (unpaired) electrons. The van der Waals surface area contributed by atoms with Crippen LogP contribution in [-0.2, 0) is 33.4 Å². The third-order valence-corrected chi connectivity index (χ3v) is 8.48. The van der Waals surface area contributed by atoms with Crippen LogP contribution in [0.1, 0.15) is 32.8 Å². The number of fused-ring (bicyclic) bond motifs is 1. The van der Waals surface area contributed by atoms with Crippen molar-refractivity contribution in [2.75, 3.05) is 32.6 Å². The van der Waals surface area contributed by atoms with Gasteiger partial charge in [0.2, 0.25) is 0 Å². The first-order valence-electron chi connectivity index (χ1n) is 12.6. The second-order valence-electron chi connectivity index (χ2n) is 9.08. The highest BCUT2D eigenvalue weighted by atomic mass is 32.2. The predicted octanol–water partition coefficient (Wildman–Crippen LogP) is 3.56. The Morgan fingerprint density at radius 1 is 1.08 bits per heavy atom. The monoisotopic (exact) mass is 527 g/mol. The molecule has 1 fully saturated rings. The van der Waals surface area contributed by atoms with Gasteiger partial charge < -0.3 is 9.30 Å². The van der Waals surface area contributed by atoms with E-state index in [2.05, 4.69) is 29.2 Å². The lowest BCUT2D eigenvalue weighted by Gasteiger charge is -2.26. The molecule has 200 valence electrons. The van der Waals surface area contributed by atoms with Crippen LogP contribution in [0.15, 0.2) is 59.5 Å². The number of benzene rings is 2. The molecule has 1 unspecified atom stereocenters. The van der Waals surface area contributed by atoms with Gasteiger partial charge >= 0.3 is 0 Å². The summed E-state index contributed by atoms with van der Waals surface area (Å²) in [5, 5.41) is 10.4. The van der Waals surface area contributed by atoms with E-state index in [1.165, 1.54) is 23.3 Å². The van der Waals surface area contributed by atoms with E-state index in [9.17, 15) is 13.8 Å². The Bertz CT molecular complexity index is 1290. The molecule has 1 aliphatic rings. The summed E-state index contributed by atoms with van der Waals surface area (Å²) in [5.41, 5.74) is 4.78. The number of nitrogens with zero attached hydrogens (tertiary/aromatic N) is 2. The summed E-state index contributed by atoms with van der Waals surface area (Å²) in [7, 11) is -1.53. The number of aryl methyl sites for hydroxylation is 1. The van der Waals surface area contributed by atoms with Crippen molar-refractivity contribution in [3.05, 3.63) is 70.6 Å². The number of carbonyl (C=O) groups is 1. The Morgan fingerprint density at radius 2 is 1.73 bits per heavy atom. The van der Waals surface area contributed by atoms with Gasteiger partial charge in [0.15, 0.2) is 0 Å². The van der Waals surface area contributed by atoms with Gasteiger partial charge in [-0.05, 0) is 53.6 Å². The molecule has 2 atom stereocenters. The third-order valence-electron chi connectivity index (χ3n) is 6.82. The van der Waals surface area contributed by atoms with Crippen LogP contribution in [0, 0.1) is 0 Å². The Balaban J connectivity index is 0.00000186. The first kappa shape index (κ1) is 28.7. The molecular formula is C28H37N3O5S. The third kappa shape index (κ3) is 6.73. The fourth-order valence-electron chi connectivity index (χ4n) is 4.30. The van der Waals surface area contributed by atoms with E-state index in [1.807, 2.05) is 38.1 Å². The minimum Gasteiger partial charge on any atom is -0.379 e. The van der Waals surface area contributed by atoms with Crippen molar-refractivity contribution in [3.63, 3.8) is 0 Å². The number of ether oxygens (including phenoxy) is 1. The molecule has 0 aliphatic carbocycles. The molecule has 8 nitrogen and oxygen atoms in total. The zero-order valence-electron chi connectivity index (χ0n) is 22.0. The number of nitrogens with one attached hydrogen (secondary N) is 1. The molecule has 9 heteroatoms. The minimum atomic E-state index is -1.53. The molecule has 1 aromatic heterocycles. The molecule has 0 bridgehead atoms. The molecule has 1 aliphatic heterocycles. The van der Waals surface area contributed by atoms with Crippen LogP contribution in [0.3, 0.4) is 0 Å². The smallest absolute Gasteiger partial charge is 0.261 e. The van der Waals surface area contributed by atoms with Crippen LogP contribution < -0.4 is 11.0 Å². The Kier molecular flexibility index (Phi) is 10.2. The van der Waals surface area contributed by atoms with Gasteiger partial charge in [-0.15, -0.1) is 0 Å². The van der Waals surface area contributed by atoms with Gasteiger partial charge in [0, 0.05) is 54.8 Å². The van der Waals surface area contributed by atoms with Crippen molar-refractivity contribution in [1.82, 2.24) is 14.9 Å². The standard InChI is InChI=1S/C26H31N3O5S.C2H6/c1-26(35(2)33,25(31)27-32)10-12-29-11-9-22-17-21(7-8-23(22)24(29)30)20-5-3-19(4-6-20)18-28-13-15-34-16-14-28;1-2/h3-9,11,17,32H,10,12-16,18H2,1-2H3,(H,27,31);1-2H3/t26-,35?;/m1./s1. The topological polar surface area (TPSA) is 101 Å². The first-order valence-corrected chi connectivity index (χ1v) is 14.2. The molecule has 3 aromatic rings. The minimum absolute atomic E-state index is 0.142. The van der Waals surface area contributed by atoms with E-state index in [0.717, 1.165) is 49.4 Å². The fraction of sp³-hybridized carbons (Fsp3) is 0.429. The maximum atomic E-state index is 13.1. The lowest BCUT2D eigenvalue weighted by molar-refractivity contribution is -0.131. The SMILES string of the molecule is CC.CS(=O)[C@](C)(CCn1ccc2cc(-c3ccc(CN4CCOCC4)cc3)ccc2c1=O)C(=O)NO. The first-order chi connectivity index (χ1) is 17.8. The van der Waals surface area contributed by atoms with E-state index in [1.54, 1.807) is 11.7 Å². The average Bonchev–Trinajstić information content (AvgIpc) is 2.94. The van der Waals surface area contributed by atoms with Gasteiger partial charge in [-0.2, -0.15) is 0 Å². The van der Waals surface area contributed by atoms with Crippen LogP contribution in [0.25, 0.3) is 21.9 Å². The van der Waals surface area contributed by atoms with E-state index < -0.39 is 21.5 Å². The zero-order chi connectivity index (χ0) is 27.0. The van der Waals surface area contributed by atoms with Gasteiger partial charge in [-0.3, -0.25) is 23.9 Å². The molecule has 2 heterocycles. The highest BCUT2D eigenvalue weighted by Crippen LogP contribution is 2.25. The molecule has 0 spiro atoms. The summed E-state index contributed by atoms with van der Waals surface area (Å²) >= 11 is 0. The number of aromatic nitrogens is 1. The molecule has 1 amide bonds. The highest BCUT2D eigenvalue weighted by Gasteiger charge is 2.37. The van der Waals surface area contributed by atoms with Crippen molar-refractivity contribution in [2.45, 2.75) is 45.0 Å². The van der Waals surface area contributed by atoms with E-state index >= 15 is 0 Å². The van der Waals surface area contributed by atoms with Crippen molar-refractivity contribution >= 4 is 27.5 Å². The summed E-state index contributed by atoms with van der Waals surface area (Å²) in [4.78, 5) is 27.5. The number of hydrogen-bond acceptors (Lipinski definition) is 6. The number of rotatable bonds is 8. The van der Waals surface area contributed by atoms with Gasteiger partial charge in [0.1, 0.15) is 4.75 Å². The predicted molar refractivity (Wildman–Crippen MR) is 148 cm³/mol. The van der Waals surface area contributed by atoms with Crippen LogP contribution in [0.5, 0.6) is 0 Å². The lowest BCUT2D eigenvalue weighted by Crippen LogP contribution is -2.47. The number of hydrogen-bond donors (Lipinski definition) is 2. The number of hydroxylamine groups is 1. The number of morpholine rings is 1. The van der Waals surface area contributed by atoms with Crippen LogP contribution in [-0.4, -0.2) is 62.1 Å². The molecule has 2 N–H and O–H groups in total. The molecule has 0 saturated carbocycles. The highest BCUT2D eigenvalue weighted by molar-refractivity contribution is 7.86. The van der Waals surface area contributed by atoms with Gasteiger partial charge in [0.05, 0.1) is 13.2 Å². The molecule has 37 heavy (non-hydrogen) atoms. The van der Waals surface area contributed by atoms with Crippen molar-refractivity contribution < 1.29 is 18.9 Å². The molecule has 1 saturated heterocycles. The number of carbonyl (C=O) groups excluding carboxylic acids is 1. The summed E-state index contributed by atoms with van der Waals surface area (Å²) in [6.07, 6.45) is 3.24. The maximum absolute atomic E-state index is 13.1. The van der Waals surface area contributed by atoms with E-state index in [-0.39, 0.29) is 18.5 Å². The molecule has 2 aromatic carbocycles. The van der Waals surface area contributed by atoms with Crippen LogP contribution in [0.4, 0.5) is 0 Å². The summed E-state index contributed by atoms with van der Waals surface area (Å²) in [5.74, 6) is -0.729. The van der Waals surface area contributed by atoms with E-state index in [4.69, 9.17) is 9.94 Å². The van der Waals surface area contributed by atoms with Gasteiger partial charge in [-0.25, -0.2) is 5.48 Å².